The highest BCUT2D eigenvalue weighted by atomic mass is 35.5. The molecule has 1 saturated heterocycles. The van der Waals surface area contributed by atoms with Crippen LogP contribution in [-0.4, -0.2) is 43.9 Å². The molecule has 0 amide bonds. The van der Waals surface area contributed by atoms with Crippen molar-refractivity contribution in [3.8, 4) is 0 Å². The van der Waals surface area contributed by atoms with Crippen molar-refractivity contribution in [1.29, 1.82) is 0 Å². The Bertz CT molecular complexity index is 822. The molecule has 2 atom stereocenters. The Morgan fingerprint density at radius 1 is 1.35 bits per heavy atom. The molecule has 4 rings (SSSR count). The molecule has 0 unspecified atom stereocenters. The average molecular weight is 396 g/mol. The number of nitrogens with zero attached hydrogens (tertiary/aromatic N) is 6. The first kappa shape index (κ1) is 18.8. The van der Waals surface area contributed by atoms with Gasteiger partial charge in [-0.3, -0.25) is 9.97 Å². The number of aromatic nitrogens is 4. The molecule has 2 aliphatic rings. The molecule has 7 nitrogen and oxygen atoms in total. The van der Waals surface area contributed by atoms with Gasteiger partial charge in [-0.2, -0.15) is 0 Å². The van der Waals surface area contributed by atoms with Gasteiger partial charge in [-0.1, -0.05) is 18.7 Å². The van der Waals surface area contributed by atoms with E-state index in [9.17, 15) is 4.39 Å². The number of rotatable bonds is 3. The van der Waals surface area contributed by atoms with Crippen molar-refractivity contribution in [2.75, 3.05) is 23.7 Å². The predicted molar refractivity (Wildman–Crippen MR) is 102 cm³/mol. The van der Waals surface area contributed by atoms with Crippen LogP contribution >= 0.6 is 24.2 Å². The van der Waals surface area contributed by atoms with E-state index >= 15 is 0 Å². The summed E-state index contributed by atoms with van der Waals surface area (Å²) in [5.41, 5.74) is 6.68. The summed E-state index contributed by atoms with van der Waals surface area (Å²) in [4.78, 5) is 24.1. The molecule has 4 heterocycles. The summed E-state index contributed by atoms with van der Waals surface area (Å²) < 4.78 is 13.7. The SMILES string of the molecule is CCc1nc(N2C[C@H]3CSC(N)=N[C@@]3(c3cnccn3)C2)ncc1F.Cl. The van der Waals surface area contributed by atoms with Gasteiger partial charge in [0.15, 0.2) is 11.0 Å². The molecular weight excluding hydrogens is 377 g/mol. The van der Waals surface area contributed by atoms with Crippen molar-refractivity contribution in [2.24, 2.45) is 16.6 Å². The number of fused-ring (bicyclic) bond motifs is 1. The van der Waals surface area contributed by atoms with Crippen molar-refractivity contribution >= 4 is 35.3 Å². The summed E-state index contributed by atoms with van der Waals surface area (Å²) in [5.74, 6) is 1.20. The number of halogens is 2. The molecule has 2 aromatic heterocycles. The van der Waals surface area contributed by atoms with E-state index in [2.05, 4.69) is 19.9 Å². The summed E-state index contributed by atoms with van der Waals surface area (Å²) in [7, 11) is 0. The standard InChI is InChI=1S/C16H18FN7S.ClH/c1-2-12-11(17)5-21-15(22-12)24-7-10-8-25-14(18)23-16(10,9-24)13-6-19-3-4-20-13;/h3-6,10H,2,7-9H2,1H3,(H2,18,23);1H/t10-,16-;/m0./s1. The van der Waals surface area contributed by atoms with Crippen molar-refractivity contribution in [1.82, 2.24) is 19.9 Å². The maximum atomic E-state index is 13.7. The summed E-state index contributed by atoms with van der Waals surface area (Å²) in [6.45, 7) is 3.14. The van der Waals surface area contributed by atoms with Crippen LogP contribution < -0.4 is 10.6 Å². The topological polar surface area (TPSA) is 93.2 Å². The van der Waals surface area contributed by atoms with E-state index in [-0.39, 0.29) is 24.1 Å². The second kappa shape index (κ2) is 7.32. The van der Waals surface area contributed by atoms with Gasteiger partial charge in [-0.05, 0) is 6.42 Å². The Balaban J connectivity index is 0.00000196. The first-order valence-electron chi connectivity index (χ1n) is 8.13. The number of hydrogen-bond donors (Lipinski definition) is 1. The molecule has 2 aromatic rings. The Morgan fingerprint density at radius 2 is 2.19 bits per heavy atom. The molecule has 2 N–H and O–H groups in total. The van der Waals surface area contributed by atoms with E-state index in [1.165, 1.54) is 6.20 Å². The molecule has 0 spiro atoms. The van der Waals surface area contributed by atoms with E-state index in [0.29, 0.717) is 29.8 Å². The minimum atomic E-state index is -0.562. The first-order chi connectivity index (χ1) is 12.1. The van der Waals surface area contributed by atoms with Crippen LogP contribution in [0.25, 0.3) is 0 Å². The smallest absolute Gasteiger partial charge is 0.225 e. The maximum absolute atomic E-state index is 13.7. The number of aryl methyl sites for hydroxylation is 1. The molecule has 26 heavy (non-hydrogen) atoms. The monoisotopic (exact) mass is 395 g/mol. The van der Waals surface area contributed by atoms with Crippen LogP contribution in [0.2, 0.25) is 0 Å². The van der Waals surface area contributed by atoms with Gasteiger partial charge in [0.1, 0.15) is 5.54 Å². The van der Waals surface area contributed by atoms with Gasteiger partial charge in [0.05, 0.1) is 30.3 Å². The number of nitrogens with two attached hydrogens (primary N) is 1. The first-order valence-corrected chi connectivity index (χ1v) is 9.12. The lowest BCUT2D eigenvalue weighted by Gasteiger charge is -2.33. The van der Waals surface area contributed by atoms with Gasteiger partial charge < -0.3 is 10.6 Å². The molecule has 0 aromatic carbocycles. The van der Waals surface area contributed by atoms with Gasteiger partial charge in [0.2, 0.25) is 5.95 Å². The summed E-state index contributed by atoms with van der Waals surface area (Å²) in [6.07, 6.45) is 6.82. The zero-order valence-electron chi connectivity index (χ0n) is 14.2. The molecule has 2 aliphatic heterocycles. The van der Waals surface area contributed by atoms with Crippen LogP contribution in [0.1, 0.15) is 18.3 Å². The van der Waals surface area contributed by atoms with Crippen LogP contribution in [0, 0.1) is 11.7 Å². The largest absolute Gasteiger partial charge is 0.379 e. The van der Waals surface area contributed by atoms with Gasteiger partial charge in [0.25, 0.3) is 0 Å². The van der Waals surface area contributed by atoms with Crippen LogP contribution in [0.5, 0.6) is 0 Å². The molecule has 0 aliphatic carbocycles. The van der Waals surface area contributed by atoms with Crippen molar-refractivity contribution in [3.05, 3.63) is 42.0 Å². The van der Waals surface area contributed by atoms with Crippen LogP contribution in [0.3, 0.4) is 0 Å². The van der Waals surface area contributed by atoms with Crippen molar-refractivity contribution in [3.63, 3.8) is 0 Å². The third-order valence-corrected chi connectivity index (χ3v) is 5.67. The molecule has 138 valence electrons. The summed E-state index contributed by atoms with van der Waals surface area (Å²) in [5, 5.41) is 0.554. The Morgan fingerprint density at radius 3 is 2.92 bits per heavy atom. The van der Waals surface area contributed by atoms with Gasteiger partial charge in [-0.15, -0.1) is 12.4 Å². The van der Waals surface area contributed by atoms with Crippen LogP contribution in [0.15, 0.2) is 29.8 Å². The lowest BCUT2D eigenvalue weighted by molar-refractivity contribution is 0.375. The van der Waals surface area contributed by atoms with Crippen LogP contribution in [-0.2, 0) is 12.0 Å². The van der Waals surface area contributed by atoms with E-state index < -0.39 is 5.54 Å². The average Bonchev–Trinajstić information content (AvgIpc) is 3.03. The predicted octanol–water partition coefficient (Wildman–Crippen LogP) is 1.78. The molecule has 0 radical (unpaired) electrons. The Labute approximate surface area is 161 Å². The van der Waals surface area contributed by atoms with E-state index in [1.54, 1.807) is 30.4 Å². The summed E-state index contributed by atoms with van der Waals surface area (Å²) in [6, 6.07) is 0. The number of thioether (sulfide) groups is 1. The highest BCUT2D eigenvalue weighted by molar-refractivity contribution is 8.13. The number of hydrogen-bond acceptors (Lipinski definition) is 8. The Hall–Kier alpha value is -2.00. The molecular formula is C16H19ClFN7S. The lowest BCUT2D eigenvalue weighted by Crippen LogP contribution is -2.40. The van der Waals surface area contributed by atoms with Gasteiger partial charge in [0, 0.05) is 30.6 Å². The highest BCUT2D eigenvalue weighted by Gasteiger charge is 2.52. The van der Waals surface area contributed by atoms with Gasteiger partial charge >= 0.3 is 0 Å². The van der Waals surface area contributed by atoms with E-state index in [0.717, 1.165) is 18.0 Å². The molecule has 0 saturated carbocycles. The minimum absolute atomic E-state index is 0. The van der Waals surface area contributed by atoms with Gasteiger partial charge in [-0.25, -0.2) is 19.4 Å². The normalized spacial score (nSPS) is 24.6. The zero-order valence-corrected chi connectivity index (χ0v) is 15.8. The fourth-order valence-corrected chi connectivity index (χ4v) is 4.43. The quantitative estimate of drug-likeness (QED) is 0.846. The highest BCUT2D eigenvalue weighted by Crippen LogP contribution is 2.45. The Kier molecular flexibility index (Phi) is 5.29. The fourth-order valence-electron chi connectivity index (χ4n) is 3.45. The third-order valence-electron chi connectivity index (χ3n) is 4.72. The van der Waals surface area contributed by atoms with Crippen LogP contribution in [0.4, 0.5) is 10.3 Å². The number of aliphatic imine (C=N–C) groups is 1. The maximum Gasteiger partial charge on any atom is 0.225 e. The van der Waals surface area contributed by atoms with Crippen molar-refractivity contribution in [2.45, 2.75) is 18.9 Å². The second-order valence-electron chi connectivity index (χ2n) is 6.17. The lowest BCUT2D eigenvalue weighted by atomic mass is 9.86. The minimum Gasteiger partial charge on any atom is -0.379 e. The second-order valence-corrected chi connectivity index (χ2v) is 7.21. The molecule has 10 heteroatoms. The zero-order chi connectivity index (χ0) is 17.4. The fraction of sp³-hybridized carbons (Fsp3) is 0.438. The number of anilines is 1. The summed E-state index contributed by atoms with van der Waals surface area (Å²) >= 11 is 1.55. The number of amidine groups is 1. The van der Waals surface area contributed by atoms with E-state index in [1.807, 2.05) is 11.8 Å². The molecule has 0 bridgehead atoms. The van der Waals surface area contributed by atoms with Crippen molar-refractivity contribution < 1.29 is 4.39 Å². The molecule has 1 fully saturated rings. The third kappa shape index (κ3) is 3.09. The van der Waals surface area contributed by atoms with E-state index in [4.69, 9.17) is 10.7 Å².